The van der Waals surface area contributed by atoms with Gasteiger partial charge in [-0.25, -0.2) is 0 Å². The molecule has 1 aromatic carbocycles. The van der Waals surface area contributed by atoms with E-state index in [1.165, 1.54) is 24.5 Å². The molecule has 1 unspecified atom stereocenters. The average Bonchev–Trinajstić information content (AvgIpc) is 2.91. The van der Waals surface area contributed by atoms with Crippen LogP contribution in [0.1, 0.15) is 30.5 Å². The summed E-state index contributed by atoms with van der Waals surface area (Å²) >= 11 is 0. The standard InChI is InChI=1S/C15H16F3NO2/c1-2-7-19-14(12-6-8-20-10-12)11-4-3-5-13(9-11)21-15(16,17)18/h3-6,8-10,14,19H,2,7H2,1H3. The largest absolute Gasteiger partial charge is 0.573 e. The number of ether oxygens (including phenoxy) is 1. The molecule has 6 heteroatoms. The maximum absolute atomic E-state index is 12.3. The second-order valence-electron chi connectivity index (χ2n) is 4.56. The minimum atomic E-state index is -4.69. The Balaban J connectivity index is 2.25. The van der Waals surface area contributed by atoms with E-state index in [4.69, 9.17) is 4.42 Å². The highest BCUT2D eigenvalue weighted by Crippen LogP contribution is 2.28. The van der Waals surface area contributed by atoms with Crippen molar-refractivity contribution in [3.8, 4) is 5.75 Å². The van der Waals surface area contributed by atoms with Crippen LogP contribution in [0.3, 0.4) is 0 Å². The van der Waals surface area contributed by atoms with E-state index >= 15 is 0 Å². The minimum Gasteiger partial charge on any atom is -0.472 e. The highest BCUT2D eigenvalue weighted by molar-refractivity contribution is 5.35. The van der Waals surface area contributed by atoms with Crippen molar-refractivity contribution in [2.24, 2.45) is 0 Å². The summed E-state index contributed by atoms with van der Waals surface area (Å²) in [7, 11) is 0. The topological polar surface area (TPSA) is 34.4 Å². The summed E-state index contributed by atoms with van der Waals surface area (Å²) in [5, 5.41) is 3.28. The third-order valence-corrected chi connectivity index (χ3v) is 2.90. The van der Waals surface area contributed by atoms with Gasteiger partial charge in [0.1, 0.15) is 5.75 Å². The third-order valence-electron chi connectivity index (χ3n) is 2.90. The summed E-state index contributed by atoms with van der Waals surface area (Å²) in [5.41, 5.74) is 1.54. The summed E-state index contributed by atoms with van der Waals surface area (Å²) in [6, 6.07) is 7.50. The van der Waals surface area contributed by atoms with Gasteiger partial charge in [-0.2, -0.15) is 0 Å². The second-order valence-corrected chi connectivity index (χ2v) is 4.56. The quantitative estimate of drug-likeness (QED) is 0.865. The fourth-order valence-corrected chi connectivity index (χ4v) is 2.05. The van der Waals surface area contributed by atoms with Crippen LogP contribution < -0.4 is 10.1 Å². The third kappa shape index (κ3) is 4.53. The number of nitrogens with one attached hydrogen (secondary N) is 1. The summed E-state index contributed by atoms with van der Waals surface area (Å²) in [5.74, 6) is -0.230. The van der Waals surface area contributed by atoms with Crippen LogP contribution in [0.25, 0.3) is 0 Å². The van der Waals surface area contributed by atoms with Crippen LogP contribution in [0.2, 0.25) is 0 Å². The van der Waals surface area contributed by atoms with Crippen LogP contribution in [-0.2, 0) is 0 Å². The molecule has 0 amide bonds. The Labute approximate surface area is 120 Å². The average molecular weight is 299 g/mol. The van der Waals surface area contributed by atoms with Crippen molar-refractivity contribution < 1.29 is 22.3 Å². The van der Waals surface area contributed by atoms with Gasteiger partial charge < -0.3 is 14.5 Å². The van der Waals surface area contributed by atoms with E-state index in [1.54, 1.807) is 18.4 Å². The molecule has 0 radical (unpaired) electrons. The molecule has 114 valence electrons. The van der Waals surface area contributed by atoms with E-state index in [-0.39, 0.29) is 11.8 Å². The minimum absolute atomic E-state index is 0.230. The lowest BCUT2D eigenvalue weighted by Gasteiger charge is -2.18. The molecule has 3 nitrogen and oxygen atoms in total. The van der Waals surface area contributed by atoms with Gasteiger partial charge in [0.25, 0.3) is 0 Å². The summed E-state index contributed by atoms with van der Waals surface area (Å²) in [4.78, 5) is 0. The van der Waals surface area contributed by atoms with Crippen molar-refractivity contribution >= 4 is 0 Å². The van der Waals surface area contributed by atoms with E-state index < -0.39 is 6.36 Å². The molecule has 1 heterocycles. The molecule has 1 atom stereocenters. The SMILES string of the molecule is CCCNC(c1ccoc1)c1cccc(OC(F)(F)F)c1. The van der Waals surface area contributed by atoms with Crippen LogP contribution in [0.15, 0.2) is 47.3 Å². The van der Waals surface area contributed by atoms with Crippen molar-refractivity contribution in [1.29, 1.82) is 0 Å². The lowest BCUT2D eigenvalue weighted by Crippen LogP contribution is -2.23. The Morgan fingerprint density at radius 3 is 2.67 bits per heavy atom. The number of benzene rings is 1. The van der Waals surface area contributed by atoms with Gasteiger partial charge in [-0.1, -0.05) is 19.1 Å². The lowest BCUT2D eigenvalue weighted by molar-refractivity contribution is -0.274. The Kier molecular flexibility index (Phi) is 4.90. The molecule has 2 rings (SSSR count). The number of alkyl halides is 3. The number of rotatable bonds is 6. The fourth-order valence-electron chi connectivity index (χ4n) is 2.05. The smallest absolute Gasteiger partial charge is 0.472 e. The van der Waals surface area contributed by atoms with Gasteiger partial charge in [0.05, 0.1) is 18.6 Å². The molecular formula is C15H16F3NO2. The van der Waals surface area contributed by atoms with Gasteiger partial charge in [0.15, 0.2) is 0 Å². The summed E-state index contributed by atoms with van der Waals surface area (Å²) < 4.78 is 45.9. The normalized spacial score (nSPS) is 13.1. The van der Waals surface area contributed by atoms with E-state index in [9.17, 15) is 13.2 Å². The van der Waals surface area contributed by atoms with Crippen LogP contribution in [0.5, 0.6) is 5.75 Å². The Morgan fingerprint density at radius 2 is 2.05 bits per heavy atom. The van der Waals surface area contributed by atoms with Gasteiger partial charge in [-0.05, 0) is 36.7 Å². The van der Waals surface area contributed by atoms with Crippen molar-refractivity contribution in [2.45, 2.75) is 25.7 Å². The monoisotopic (exact) mass is 299 g/mol. The summed E-state index contributed by atoms with van der Waals surface area (Å²) in [6.07, 6.45) is -0.676. The zero-order valence-electron chi connectivity index (χ0n) is 11.5. The fraction of sp³-hybridized carbons (Fsp3) is 0.333. The molecule has 0 fully saturated rings. The number of hydrogen-bond acceptors (Lipinski definition) is 3. The van der Waals surface area contributed by atoms with Gasteiger partial charge in [-0.3, -0.25) is 0 Å². The van der Waals surface area contributed by atoms with Crippen molar-refractivity contribution in [3.05, 3.63) is 54.0 Å². The second kappa shape index (κ2) is 6.67. The molecule has 0 saturated carbocycles. The number of halogens is 3. The lowest BCUT2D eigenvalue weighted by atomic mass is 10.0. The molecule has 0 bridgehead atoms. The van der Waals surface area contributed by atoms with Crippen molar-refractivity contribution in [3.63, 3.8) is 0 Å². The van der Waals surface area contributed by atoms with E-state index in [0.717, 1.165) is 18.5 Å². The van der Waals surface area contributed by atoms with E-state index in [2.05, 4.69) is 10.1 Å². The summed E-state index contributed by atoms with van der Waals surface area (Å²) in [6.45, 7) is 2.75. The maximum Gasteiger partial charge on any atom is 0.573 e. The van der Waals surface area contributed by atoms with E-state index in [1.807, 2.05) is 6.92 Å². The predicted molar refractivity (Wildman–Crippen MR) is 72.0 cm³/mol. The molecule has 0 spiro atoms. The Bertz CT molecular complexity index is 552. The number of hydrogen-bond donors (Lipinski definition) is 1. The highest BCUT2D eigenvalue weighted by Gasteiger charge is 2.31. The van der Waals surface area contributed by atoms with E-state index in [0.29, 0.717) is 5.56 Å². The first-order valence-electron chi connectivity index (χ1n) is 6.61. The first-order chi connectivity index (χ1) is 9.99. The van der Waals surface area contributed by atoms with Gasteiger partial charge >= 0.3 is 6.36 Å². The van der Waals surface area contributed by atoms with Gasteiger partial charge in [-0.15, -0.1) is 13.2 Å². The zero-order valence-corrected chi connectivity index (χ0v) is 11.5. The van der Waals surface area contributed by atoms with Gasteiger partial charge in [0.2, 0.25) is 0 Å². The predicted octanol–water partition coefficient (Wildman–Crippen LogP) is 4.27. The van der Waals surface area contributed by atoms with Crippen LogP contribution in [0, 0.1) is 0 Å². The highest BCUT2D eigenvalue weighted by atomic mass is 19.4. The molecular weight excluding hydrogens is 283 g/mol. The Morgan fingerprint density at radius 1 is 1.24 bits per heavy atom. The maximum atomic E-state index is 12.3. The van der Waals surface area contributed by atoms with Gasteiger partial charge in [0, 0.05) is 5.56 Å². The first kappa shape index (κ1) is 15.4. The first-order valence-corrected chi connectivity index (χ1v) is 6.61. The van der Waals surface area contributed by atoms with Crippen molar-refractivity contribution in [2.75, 3.05) is 6.54 Å². The van der Waals surface area contributed by atoms with Crippen LogP contribution in [0.4, 0.5) is 13.2 Å². The molecule has 1 N–H and O–H groups in total. The molecule has 0 saturated heterocycles. The zero-order chi connectivity index (χ0) is 15.3. The number of furan rings is 1. The molecule has 0 aliphatic carbocycles. The molecule has 0 aliphatic rings. The van der Waals surface area contributed by atoms with Crippen LogP contribution in [-0.4, -0.2) is 12.9 Å². The molecule has 0 aliphatic heterocycles. The molecule has 1 aromatic heterocycles. The van der Waals surface area contributed by atoms with Crippen molar-refractivity contribution in [1.82, 2.24) is 5.32 Å². The Hall–Kier alpha value is -1.95. The molecule has 21 heavy (non-hydrogen) atoms. The molecule has 2 aromatic rings. The van der Waals surface area contributed by atoms with Crippen LogP contribution >= 0.6 is 0 Å².